The summed E-state index contributed by atoms with van der Waals surface area (Å²) in [7, 11) is 0. The van der Waals surface area contributed by atoms with Crippen LogP contribution < -0.4 is 4.90 Å². The number of benzene rings is 7. The normalized spacial score (nSPS) is 13.1. The van der Waals surface area contributed by atoms with Crippen LogP contribution >= 0.6 is 0 Å². The third kappa shape index (κ3) is 4.31. The van der Waals surface area contributed by atoms with Crippen LogP contribution in [0.5, 0.6) is 0 Å². The molecule has 1 aromatic heterocycles. The second-order valence-electron chi connectivity index (χ2n) is 12.8. The Kier molecular flexibility index (Phi) is 6.16. The molecule has 1 aliphatic rings. The molecule has 0 atom stereocenters. The second-order valence-corrected chi connectivity index (χ2v) is 12.8. The molecular formula is C44H32N2O. The van der Waals surface area contributed by atoms with Crippen molar-refractivity contribution in [2.75, 3.05) is 4.90 Å². The number of oxazole rings is 1. The van der Waals surface area contributed by atoms with Crippen LogP contribution in [0.3, 0.4) is 0 Å². The molecule has 8 aromatic rings. The molecule has 1 aliphatic carbocycles. The van der Waals surface area contributed by atoms with Gasteiger partial charge in [0, 0.05) is 27.6 Å². The fourth-order valence-corrected chi connectivity index (χ4v) is 7.38. The van der Waals surface area contributed by atoms with E-state index in [2.05, 4.69) is 158 Å². The third-order valence-corrected chi connectivity index (χ3v) is 9.68. The number of rotatable bonds is 5. The lowest BCUT2D eigenvalue weighted by atomic mass is 9.82. The van der Waals surface area contributed by atoms with E-state index in [1.165, 1.54) is 22.3 Å². The molecule has 0 radical (unpaired) electrons. The SMILES string of the molecule is CC1(C)c2ccccc2-c2cc(N(c3ccccc3-c3ccccc3)c3cc4ccccc4c4nc(-c5ccccc5)oc34)ccc21. The van der Waals surface area contributed by atoms with Crippen LogP contribution in [0.4, 0.5) is 17.1 Å². The zero-order chi connectivity index (χ0) is 31.5. The van der Waals surface area contributed by atoms with Crippen molar-refractivity contribution < 1.29 is 4.42 Å². The topological polar surface area (TPSA) is 29.3 Å². The van der Waals surface area contributed by atoms with E-state index in [0.29, 0.717) is 5.89 Å². The summed E-state index contributed by atoms with van der Waals surface area (Å²) in [4.78, 5) is 7.50. The van der Waals surface area contributed by atoms with Gasteiger partial charge in [0.15, 0.2) is 5.58 Å². The molecule has 0 aliphatic heterocycles. The number of fused-ring (bicyclic) bond motifs is 6. The molecule has 47 heavy (non-hydrogen) atoms. The lowest BCUT2D eigenvalue weighted by Crippen LogP contribution is -2.15. The molecule has 7 aromatic carbocycles. The monoisotopic (exact) mass is 604 g/mol. The smallest absolute Gasteiger partial charge is 0.227 e. The van der Waals surface area contributed by atoms with Gasteiger partial charge in [0.25, 0.3) is 0 Å². The average molecular weight is 605 g/mol. The molecular weight excluding hydrogens is 572 g/mol. The maximum Gasteiger partial charge on any atom is 0.227 e. The maximum absolute atomic E-state index is 6.79. The third-order valence-electron chi connectivity index (χ3n) is 9.68. The van der Waals surface area contributed by atoms with Gasteiger partial charge >= 0.3 is 0 Å². The highest BCUT2D eigenvalue weighted by Crippen LogP contribution is 2.52. The van der Waals surface area contributed by atoms with Crippen LogP contribution in [-0.4, -0.2) is 4.98 Å². The highest BCUT2D eigenvalue weighted by Gasteiger charge is 2.36. The highest BCUT2D eigenvalue weighted by atomic mass is 16.3. The van der Waals surface area contributed by atoms with Crippen molar-refractivity contribution in [1.29, 1.82) is 0 Å². The Morgan fingerprint density at radius 1 is 0.532 bits per heavy atom. The van der Waals surface area contributed by atoms with Crippen molar-refractivity contribution in [3.63, 3.8) is 0 Å². The first-order valence-corrected chi connectivity index (χ1v) is 16.1. The van der Waals surface area contributed by atoms with Crippen LogP contribution in [0.15, 0.2) is 162 Å². The Morgan fingerprint density at radius 2 is 1.17 bits per heavy atom. The molecule has 3 heteroatoms. The zero-order valence-corrected chi connectivity index (χ0v) is 26.3. The predicted molar refractivity (Wildman–Crippen MR) is 195 cm³/mol. The van der Waals surface area contributed by atoms with Crippen LogP contribution in [0, 0.1) is 0 Å². The van der Waals surface area contributed by atoms with E-state index in [4.69, 9.17) is 9.40 Å². The van der Waals surface area contributed by atoms with Gasteiger partial charge in [-0.05, 0) is 69.6 Å². The number of para-hydroxylation sites is 1. The van der Waals surface area contributed by atoms with Crippen molar-refractivity contribution in [2.45, 2.75) is 19.3 Å². The molecule has 0 fully saturated rings. The summed E-state index contributed by atoms with van der Waals surface area (Å²) >= 11 is 0. The second kappa shape index (κ2) is 10.6. The van der Waals surface area contributed by atoms with E-state index >= 15 is 0 Å². The molecule has 0 unspecified atom stereocenters. The fourth-order valence-electron chi connectivity index (χ4n) is 7.38. The molecule has 1 heterocycles. The number of anilines is 3. The first-order valence-electron chi connectivity index (χ1n) is 16.1. The van der Waals surface area contributed by atoms with Gasteiger partial charge in [0.1, 0.15) is 5.52 Å². The van der Waals surface area contributed by atoms with Crippen molar-refractivity contribution in [3.8, 4) is 33.7 Å². The van der Waals surface area contributed by atoms with E-state index in [1.807, 2.05) is 18.2 Å². The summed E-state index contributed by atoms with van der Waals surface area (Å²) in [6.45, 7) is 4.65. The van der Waals surface area contributed by atoms with E-state index in [0.717, 1.165) is 55.6 Å². The van der Waals surface area contributed by atoms with Crippen LogP contribution in [0.25, 0.3) is 55.6 Å². The largest absolute Gasteiger partial charge is 0.434 e. The molecule has 0 N–H and O–H groups in total. The molecule has 0 bridgehead atoms. The number of nitrogens with zero attached hydrogens (tertiary/aromatic N) is 2. The van der Waals surface area contributed by atoms with Crippen LogP contribution in [0.2, 0.25) is 0 Å². The quantitative estimate of drug-likeness (QED) is 0.196. The standard InChI is InChI=1S/C44H32N2O/c1-44(2)37-23-13-11-22-35(37)36-28-32(25-26-38(36)44)46(39-24-14-12-20-33(39)29-15-5-3-6-16-29)40-27-31-19-9-10-21-34(31)41-42(40)47-43(45-41)30-17-7-4-8-18-30/h3-28H,1-2H3. The predicted octanol–water partition coefficient (Wildman–Crippen LogP) is 12.1. The molecule has 3 nitrogen and oxygen atoms in total. The van der Waals surface area contributed by atoms with Gasteiger partial charge in [-0.3, -0.25) is 0 Å². The minimum atomic E-state index is -0.0804. The van der Waals surface area contributed by atoms with E-state index in [-0.39, 0.29) is 5.41 Å². The van der Waals surface area contributed by atoms with Gasteiger partial charge < -0.3 is 9.32 Å². The minimum Gasteiger partial charge on any atom is -0.434 e. The Hall–Kier alpha value is -5.93. The zero-order valence-electron chi connectivity index (χ0n) is 26.3. The summed E-state index contributed by atoms with van der Waals surface area (Å²) < 4.78 is 6.79. The van der Waals surface area contributed by atoms with Crippen LogP contribution in [-0.2, 0) is 5.41 Å². The molecule has 0 saturated carbocycles. The molecule has 0 amide bonds. The molecule has 0 saturated heterocycles. The number of aromatic nitrogens is 1. The summed E-state index contributed by atoms with van der Waals surface area (Å²) in [5.74, 6) is 0.610. The summed E-state index contributed by atoms with van der Waals surface area (Å²) in [5.41, 5.74) is 13.1. The Balaban J connectivity index is 1.37. The Bertz CT molecular complexity index is 2440. The van der Waals surface area contributed by atoms with Gasteiger partial charge in [0.05, 0.1) is 11.4 Å². The van der Waals surface area contributed by atoms with Crippen LogP contribution in [0.1, 0.15) is 25.0 Å². The fraction of sp³-hybridized carbons (Fsp3) is 0.0682. The van der Waals surface area contributed by atoms with Gasteiger partial charge in [-0.25, -0.2) is 4.98 Å². The van der Waals surface area contributed by atoms with Gasteiger partial charge in [-0.1, -0.05) is 135 Å². The number of hydrogen-bond acceptors (Lipinski definition) is 3. The molecule has 0 spiro atoms. The van der Waals surface area contributed by atoms with Gasteiger partial charge in [0.2, 0.25) is 5.89 Å². The van der Waals surface area contributed by atoms with Gasteiger partial charge in [-0.2, -0.15) is 0 Å². The van der Waals surface area contributed by atoms with E-state index in [1.54, 1.807) is 0 Å². The minimum absolute atomic E-state index is 0.0804. The lowest BCUT2D eigenvalue weighted by Gasteiger charge is -2.29. The first-order chi connectivity index (χ1) is 23.1. The van der Waals surface area contributed by atoms with Crippen molar-refractivity contribution in [3.05, 3.63) is 169 Å². The molecule has 9 rings (SSSR count). The Morgan fingerprint density at radius 3 is 1.98 bits per heavy atom. The molecule has 224 valence electrons. The Labute approximate surface area is 274 Å². The first kappa shape index (κ1) is 27.4. The summed E-state index contributed by atoms with van der Waals surface area (Å²) in [6, 6.07) is 55.9. The van der Waals surface area contributed by atoms with Crippen molar-refractivity contribution in [1.82, 2.24) is 4.98 Å². The van der Waals surface area contributed by atoms with E-state index in [9.17, 15) is 0 Å². The van der Waals surface area contributed by atoms with Gasteiger partial charge in [-0.15, -0.1) is 0 Å². The number of hydrogen-bond donors (Lipinski definition) is 0. The van der Waals surface area contributed by atoms with E-state index < -0.39 is 0 Å². The highest BCUT2D eigenvalue weighted by molar-refractivity contribution is 6.12. The average Bonchev–Trinajstić information content (AvgIpc) is 3.67. The van der Waals surface area contributed by atoms with Crippen molar-refractivity contribution >= 4 is 38.9 Å². The lowest BCUT2D eigenvalue weighted by molar-refractivity contribution is 0.620. The summed E-state index contributed by atoms with van der Waals surface area (Å²) in [5, 5.41) is 2.18. The maximum atomic E-state index is 6.79. The van der Waals surface area contributed by atoms with Crippen molar-refractivity contribution in [2.24, 2.45) is 0 Å². The summed E-state index contributed by atoms with van der Waals surface area (Å²) in [6.07, 6.45) is 0.